The van der Waals surface area contributed by atoms with Crippen LogP contribution in [0.2, 0.25) is 0 Å². The monoisotopic (exact) mass is 144 g/mol. The molecule has 60 valence electrons. The zero-order valence-electron chi connectivity index (χ0n) is 6.18. The molecule has 0 saturated carbocycles. The molecule has 10 heavy (non-hydrogen) atoms. The van der Waals surface area contributed by atoms with Crippen LogP contribution in [0.15, 0.2) is 0 Å². The van der Waals surface area contributed by atoms with Gasteiger partial charge in [0, 0.05) is 27.5 Å². The van der Waals surface area contributed by atoms with Crippen molar-refractivity contribution in [3.05, 3.63) is 0 Å². The Balaban J connectivity index is 0.000001000. The van der Waals surface area contributed by atoms with Gasteiger partial charge in [0.25, 0.3) is 0 Å². The largest absolute Gasteiger partial charge is 0.341 e. The van der Waals surface area contributed by atoms with Gasteiger partial charge in [-0.1, -0.05) is 0 Å². The molecule has 0 aromatic rings. The Morgan fingerprint density at radius 2 is 2.40 bits per heavy atom. The minimum atomic E-state index is 0. The van der Waals surface area contributed by atoms with Crippen molar-refractivity contribution in [1.82, 2.24) is 4.90 Å². The molecule has 1 rings (SSSR count). The van der Waals surface area contributed by atoms with Crippen LogP contribution < -0.4 is 5.73 Å². The summed E-state index contributed by atoms with van der Waals surface area (Å²) in [6.07, 6.45) is 2.92. The summed E-state index contributed by atoms with van der Waals surface area (Å²) in [5, 5.41) is 0. The number of nitrogens with zero attached hydrogens (tertiary/aromatic N) is 1. The number of carbonyl (C=O) groups excluding carboxylic acids is 1. The highest BCUT2D eigenvalue weighted by Crippen LogP contribution is 2.08. The van der Waals surface area contributed by atoms with Crippen molar-refractivity contribution in [2.24, 2.45) is 5.73 Å². The molecule has 3 nitrogen and oxygen atoms in total. The molecule has 0 aliphatic carbocycles. The van der Waals surface area contributed by atoms with Crippen LogP contribution >= 0.6 is 0 Å². The van der Waals surface area contributed by atoms with Gasteiger partial charge in [-0.2, -0.15) is 0 Å². The van der Waals surface area contributed by atoms with E-state index in [-0.39, 0.29) is 7.33 Å². The van der Waals surface area contributed by atoms with E-state index in [1.54, 1.807) is 0 Å². The van der Waals surface area contributed by atoms with Crippen LogP contribution in [0.25, 0.3) is 0 Å². The molecule has 2 N–H and O–H groups in total. The summed E-state index contributed by atoms with van der Waals surface area (Å²) < 4.78 is 0. The molecule has 1 fully saturated rings. The van der Waals surface area contributed by atoms with Crippen LogP contribution in [0.1, 0.15) is 20.7 Å². The minimum Gasteiger partial charge on any atom is -0.341 e. The first-order valence-corrected chi connectivity index (χ1v) is 3.82. The molecule has 1 heterocycles. The van der Waals surface area contributed by atoms with Gasteiger partial charge in [-0.3, -0.25) is 4.79 Å². The van der Waals surface area contributed by atoms with E-state index < -0.39 is 0 Å². The molecule has 1 aliphatic heterocycles. The Morgan fingerprint density at radius 3 is 3.00 bits per heavy atom. The fraction of sp³-hybridized carbons (Fsp3) is 0.857. The number of amides is 1. The number of carbonyl (C=O) groups is 1. The highest BCUT2D eigenvalue weighted by molar-refractivity contribution is 5.76. The van der Waals surface area contributed by atoms with E-state index in [1.807, 2.05) is 4.90 Å². The van der Waals surface area contributed by atoms with Crippen molar-refractivity contribution in [3.8, 4) is 0 Å². The van der Waals surface area contributed by atoms with Gasteiger partial charge >= 0.3 is 0 Å². The summed E-state index contributed by atoms with van der Waals surface area (Å²) in [7, 11) is 0. The van der Waals surface area contributed by atoms with Crippen LogP contribution in [0.4, 0.5) is 0 Å². The van der Waals surface area contributed by atoms with E-state index in [0.29, 0.717) is 6.54 Å². The van der Waals surface area contributed by atoms with E-state index in [2.05, 4.69) is 0 Å². The van der Waals surface area contributed by atoms with E-state index in [4.69, 9.17) is 5.73 Å². The fourth-order valence-corrected chi connectivity index (χ4v) is 1.25. The van der Waals surface area contributed by atoms with Gasteiger partial charge in [-0.05, 0) is 12.8 Å². The zero-order chi connectivity index (χ0) is 7.40. The molecule has 0 aromatic carbocycles. The summed E-state index contributed by atoms with van der Waals surface area (Å²) in [6.45, 7) is 2.24. The number of hydrogen-bond acceptors (Lipinski definition) is 2. The highest BCUT2D eigenvalue weighted by atomic mass is 16.2. The lowest BCUT2D eigenvalue weighted by Gasteiger charge is -2.25. The van der Waals surface area contributed by atoms with E-state index in [0.717, 1.165) is 32.4 Å². The number of likely N-dealkylation sites (tertiary alicyclic amines) is 1. The smallest absolute Gasteiger partial charge is 0.222 e. The van der Waals surface area contributed by atoms with E-state index in [9.17, 15) is 4.79 Å². The normalized spacial score (nSPS) is 19.7. The second-order valence-corrected chi connectivity index (χ2v) is 2.63. The maximum atomic E-state index is 11.1. The van der Waals surface area contributed by atoms with Crippen molar-refractivity contribution in [3.63, 3.8) is 0 Å². The lowest BCUT2D eigenvalue weighted by molar-refractivity contribution is -0.133. The lowest BCUT2D eigenvalue weighted by Crippen LogP contribution is -2.38. The molecule has 0 unspecified atom stereocenters. The Hall–Kier alpha value is -0.570. The van der Waals surface area contributed by atoms with Crippen LogP contribution in [0.3, 0.4) is 0 Å². The third kappa shape index (κ3) is 1.70. The molecule has 0 spiro atoms. The van der Waals surface area contributed by atoms with Crippen molar-refractivity contribution in [1.29, 1.82) is 0 Å². The van der Waals surface area contributed by atoms with Crippen LogP contribution in [-0.4, -0.2) is 30.4 Å². The number of nitrogens with two attached hydrogens (primary N) is 1. The maximum Gasteiger partial charge on any atom is 0.222 e. The van der Waals surface area contributed by atoms with Crippen molar-refractivity contribution in [2.75, 3.05) is 19.6 Å². The maximum absolute atomic E-state index is 11.1. The Bertz CT molecular complexity index is 128. The predicted molar refractivity (Wildman–Crippen MR) is 41.6 cm³/mol. The van der Waals surface area contributed by atoms with Gasteiger partial charge in [0.2, 0.25) is 5.91 Å². The fourth-order valence-electron chi connectivity index (χ4n) is 1.25. The predicted octanol–water partition coefficient (Wildman–Crippen LogP) is 0.204. The van der Waals surface area contributed by atoms with Gasteiger partial charge in [-0.25, -0.2) is 0 Å². The van der Waals surface area contributed by atoms with E-state index >= 15 is 0 Å². The zero-order valence-corrected chi connectivity index (χ0v) is 6.18. The molecular weight excluding hydrogens is 128 g/mol. The molecular formula is C7H16N2O. The van der Waals surface area contributed by atoms with Gasteiger partial charge in [0.05, 0.1) is 0 Å². The quantitative estimate of drug-likeness (QED) is 0.602. The topological polar surface area (TPSA) is 46.3 Å². The second kappa shape index (κ2) is 3.56. The van der Waals surface area contributed by atoms with Crippen molar-refractivity contribution >= 4 is 5.91 Å². The first-order valence-electron chi connectivity index (χ1n) is 3.82. The average Bonchev–Trinajstić information content (AvgIpc) is 1.94. The van der Waals surface area contributed by atoms with Gasteiger partial charge in [-0.15, -0.1) is 0 Å². The molecule has 1 aliphatic rings. The minimum absolute atomic E-state index is 0. The SMILES string of the molecule is NCCN1CCCCC1=O.[HH]. The molecule has 0 radical (unpaired) electrons. The van der Waals surface area contributed by atoms with Crippen molar-refractivity contribution in [2.45, 2.75) is 19.3 Å². The summed E-state index contributed by atoms with van der Waals surface area (Å²) >= 11 is 0. The standard InChI is InChI=1S/C7H14N2O.H2/c8-4-6-9-5-2-1-3-7(9)10;/h1-6,8H2;1H. The van der Waals surface area contributed by atoms with Gasteiger partial charge < -0.3 is 10.6 Å². The van der Waals surface area contributed by atoms with Crippen LogP contribution in [0.5, 0.6) is 0 Å². The van der Waals surface area contributed by atoms with E-state index in [1.165, 1.54) is 0 Å². The Labute approximate surface area is 62.7 Å². The Morgan fingerprint density at radius 1 is 1.60 bits per heavy atom. The van der Waals surface area contributed by atoms with Gasteiger partial charge in [0.1, 0.15) is 0 Å². The first kappa shape index (κ1) is 7.54. The first-order chi connectivity index (χ1) is 4.84. The summed E-state index contributed by atoms with van der Waals surface area (Å²) in [6, 6.07) is 0. The molecule has 0 bridgehead atoms. The summed E-state index contributed by atoms with van der Waals surface area (Å²) in [5.41, 5.74) is 5.33. The highest BCUT2D eigenvalue weighted by Gasteiger charge is 2.15. The third-order valence-corrected chi connectivity index (χ3v) is 1.82. The summed E-state index contributed by atoms with van der Waals surface area (Å²) in [4.78, 5) is 12.9. The lowest BCUT2D eigenvalue weighted by atomic mass is 10.1. The average molecular weight is 144 g/mol. The molecule has 1 amide bonds. The Kier molecular flexibility index (Phi) is 2.68. The number of piperidine rings is 1. The molecule has 0 aromatic heterocycles. The molecule has 1 saturated heterocycles. The third-order valence-electron chi connectivity index (χ3n) is 1.82. The number of rotatable bonds is 2. The van der Waals surface area contributed by atoms with Gasteiger partial charge in [0.15, 0.2) is 0 Å². The second-order valence-electron chi connectivity index (χ2n) is 2.63. The molecule has 0 atom stereocenters. The van der Waals surface area contributed by atoms with Crippen LogP contribution in [0, 0.1) is 0 Å². The molecule has 3 heteroatoms. The number of hydrogen-bond donors (Lipinski definition) is 1. The van der Waals surface area contributed by atoms with Crippen molar-refractivity contribution < 1.29 is 6.22 Å². The van der Waals surface area contributed by atoms with Crippen LogP contribution in [-0.2, 0) is 4.79 Å². The summed E-state index contributed by atoms with van der Waals surface area (Å²) in [5.74, 6) is 0.275.